The summed E-state index contributed by atoms with van der Waals surface area (Å²) in [6, 6.07) is 14.1. The molecule has 3 atom stereocenters. The van der Waals surface area contributed by atoms with Gasteiger partial charge in [-0.1, -0.05) is 30.3 Å². The Balaban J connectivity index is 1.59. The highest BCUT2D eigenvalue weighted by molar-refractivity contribution is 7.17. The molecule has 0 radical (unpaired) electrons. The summed E-state index contributed by atoms with van der Waals surface area (Å²) in [7, 11) is 0. The van der Waals surface area contributed by atoms with Crippen molar-refractivity contribution in [3.05, 3.63) is 86.3 Å². The highest BCUT2D eigenvalue weighted by Crippen LogP contribution is 2.49. The molecule has 0 bridgehead atoms. The first kappa shape index (κ1) is 24.6. The van der Waals surface area contributed by atoms with Gasteiger partial charge in [0, 0.05) is 17.0 Å². The van der Waals surface area contributed by atoms with E-state index >= 15 is 0 Å². The van der Waals surface area contributed by atoms with E-state index in [-0.39, 0.29) is 22.9 Å². The number of rotatable bonds is 6. The van der Waals surface area contributed by atoms with E-state index in [1.54, 1.807) is 50.2 Å². The van der Waals surface area contributed by atoms with Gasteiger partial charge in [-0.15, -0.1) is 11.3 Å². The number of carbonyl (C=O) groups is 3. The van der Waals surface area contributed by atoms with E-state index in [1.165, 1.54) is 28.5 Å². The van der Waals surface area contributed by atoms with Crippen molar-refractivity contribution < 1.29 is 28.9 Å². The van der Waals surface area contributed by atoms with Gasteiger partial charge < -0.3 is 4.74 Å². The van der Waals surface area contributed by atoms with E-state index in [9.17, 15) is 24.5 Å². The number of aryl methyl sites for hydroxylation is 1. The van der Waals surface area contributed by atoms with Gasteiger partial charge in [0.15, 0.2) is 6.10 Å². The zero-order valence-corrected chi connectivity index (χ0v) is 21.1. The summed E-state index contributed by atoms with van der Waals surface area (Å²) in [4.78, 5) is 59.0. The number of anilines is 2. The van der Waals surface area contributed by atoms with Crippen molar-refractivity contribution in [1.82, 2.24) is 0 Å². The Kier molecular flexibility index (Phi) is 6.26. The Hall–Kier alpha value is -4.09. The Morgan fingerprint density at radius 3 is 2.38 bits per heavy atom. The number of hydroxylamine groups is 1. The number of hydrogen-bond acceptors (Lipinski definition) is 9. The van der Waals surface area contributed by atoms with Crippen LogP contribution in [0.1, 0.15) is 39.3 Å². The quantitative estimate of drug-likeness (QED) is 0.201. The van der Waals surface area contributed by atoms with Crippen LogP contribution in [0.15, 0.2) is 54.6 Å². The Bertz CT molecular complexity index is 1400. The fourth-order valence-electron chi connectivity index (χ4n) is 4.76. The summed E-state index contributed by atoms with van der Waals surface area (Å²) in [6.07, 6.45) is -1.13. The van der Waals surface area contributed by atoms with Crippen molar-refractivity contribution in [3.8, 4) is 0 Å². The molecule has 5 rings (SSSR count). The fourth-order valence-corrected chi connectivity index (χ4v) is 5.91. The average Bonchev–Trinajstić information content (AvgIpc) is 3.50. The van der Waals surface area contributed by atoms with Gasteiger partial charge in [-0.05, 0) is 44.0 Å². The van der Waals surface area contributed by atoms with Crippen molar-refractivity contribution in [1.29, 1.82) is 0 Å². The van der Waals surface area contributed by atoms with Crippen LogP contribution in [-0.4, -0.2) is 35.4 Å². The Morgan fingerprint density at radius 2 is 1.76 bits per heavy atom. The number of amides is 2. The number of imide groups is 1. The van der Waals surface area contributed by atoms with Crippen LogP contribution in [0.25, 0.3) is 0 Å². The highest BCUT2D eigenvalue weighted by atomic mass is 32.1. The van der Waals surface area contributed by atoms with Crippen molar-refractivity contribution in [2.75, 3.05) is 16.6 Å². The molecule has 0 N–H and O–H groups in total. The molecule has 190 valence electrons. The van der Waals surface area contributed by atoms with Gasteiger partial charge in [0.05, 0.1) is 28.8 Å². The second kappa shape index (κ2) is 9.41. The molecule has 2 aliphatic rings. The van der Waals surface area contributed by atoms with Gasteiger partial charge >= 0.3 is 5.97 Å². The molecular formula is C26H23N3O7S. The number of nitro benzene ring substituents is 1. The van der Waals surface area contributed by atoms with Crippen molar-refractivity contribution >= 4 is 45.5 Å². The van der Waals surface area contributed by atoms with E-state index in [2.05, 4.69) is 0 Å². The van der Waals surface area contributed by atoms with Gasteiger partial charge in [-0.3, -0.25) is 24.5 Å². The first-order valence-electron chi connectivity index (χ1n) is 11.6. The van der Waals surface area contributed by atoms with E-state index in [0.717, 1.165) is 9.78 Å². The summed E-state index contributed by atoms with van der Waals surface area (Å²) in [5.41, 5.74) is 1.95. The molecule has 1 aromatic heterocycles. The molecule has 2 aliphatic heterocycles. The van der Waals surface area contributed by atoms with Gasteiger partial charge in [0.1, 0.15) is 10.9 Å². The molecule has 2 aromatic carbocycles. The lowest BCUT2D eigenvalue weighted by atomic mass is 9.90. The zero-order chi connectivity index (χ0) is 26.4. The summed E-state index contributed by atoms with van der Waals surface area (Å²) < 4.78 is 5.21. The number of ether oxygens (including phenoxy) is 1. The predicted octanol–water partition coefficient (Wildman–Crippen LogP) is 4.50. The molecule has 37 heavy (non-hydrogen) atoms. The van der Waals surface area contributed by atoms with Gasteiger partial charge in [-0.25, -0.2) is 14.8 Å². The third-order valence-electron chi connectivity index (χ3n) is 6.62. The Labute approximate surface area is 216 Å². The lowest BCUT2D eigenvalue weighted by molar-refractivity contribution is -0.384. The van der Waals surface area contributed by atoms with Crippen LogP contribution in [0, 0.1) is 29.9 Å². The van der Waals surface area contributed by atoms with Gasteiger partial charge in [0.25, 0.3) is 11.6 Å². The molecule has 0 unspecified atom stereocenters. The minimum Gasteiger partial charge on any atom is -0.462 e. The largest absolute Gasteiger partial charge is 0.462 e. The van der Waals surface area contributed by atoms with Crippen LogP contribution in [-0.2, 0) is 19.2 Å². The maximum absolute atomic E-state index is 13.9. The number of carbonyl (C=O) groups excluding carboxylic acids is 3. The topological polar surface area (TPSA) is 119 Å². The maximum Gasteiger partial charge on any atom is 0.341 e. The molecule has 10 nitrogen and oxygen atoms in total. The third kappa shape index (κ3) is 3.96. The number of esters is 1. The standard InChI is InChI=1S/C26H23N3O7S/c1-4-35-26(32)19-14(2)15(3)37-25(19)27-23(30)20-21(16-10-12-18(13-11-16)29(33)34)28(36-22(20)24(27)31)17-8-6-5-7-9-17/h5-13,20-22H,4H2,1-3H3/t20-,21+,22-/m0/s1. The van der Waals surface area contributed by atoms with E-state index in [4.69, 9.17) is 9.57 Å². The van der Waals surface area contributed by atoms with E-state index in [1.807, 2.05) is 13.0 Å². The molecule has 2 fully saturated rings. The number of non-ortho nitro benzene ring substituents is 1. The SMILES string of the molecule is CCOC(=O)c1c(N2C(=O)[C@@H]3[C@H](ON(c4ccccc4)[C@@H]3c3ccc([N+](=O)[O-])cc3)C2=O)sc(C)c1C. The number of hydrogen-bond donors (Lipinski definition) is 0. The second-order valence-electron chi connectivity index (χ2n) is 8.70. The van der Waals surface area contributed by atoms with Crippen LogP contribution < -0.4 is 9.96 Å². The van der Waals surface area contributed by atoms with E-state index in [0.29, 0.717) is 16.8 Å². The minimum absolute atomic E-state index is 0.0930. The minimum atomic E-state index is -1.13. The molecule has 2 saturated heterocycles. The van der Waals surface area contributed by atoms with Crippen molar-refractivity contribution in [2.45, 2.75) is 32.9 Å². The lowest BCUT2D eigenvalue weighted by Gasteiger charge is -2.28. The van der Waals surface area contributed by atoms with E-state index < -0.39 is 40.8 Å². The smallest absolute Gasteiger partial charge is 0.341 e. The summed E-state index contributed by atoms with van der Waals surface area (Å²) >= 11 is 1.18. The molecule has 0 saturated carbocycles. The van der Waals surface area contributed by atoms with Crippen LogP contribution in [0.5, 0.6) is 0 Å². The summed E-state index contributed by atoms with van der Waals surface area (Å²) in [5, 5.41) is 12.9. The van der Waals surface area contributed by atoms with Crippen molar-refractivity contribution in [2.24, 2.45) is 5.92 Å². The summed E-state index contributed by atoms with van der Waals surface area (Å²) in [5.74, 6) is -2.63. The zero-order valence-electron chi connectivity index (χ0n) is 20.2. The van der Waals surface area contributed by atoms with Gasteiger partial charge in [-0.2, -0.15) is 0 Å². The normalized spacial score (nSPS) is 20.9. The third-order valence-corrected chi connectivity index (χ3v) is 7.81. The lowest BCUT2D eigenvalue weighted by Crippen LogP contribution is -2.37. The maximum atomic E-state index is 13.9. The number of nitrogens with zero attached hydrogens (tertiary/aromatic N) is 3. The fraction of sp³-hybridized carbons (Fsp3) is 0.269. The number of nitro groups is 1. The number of benzene rings is 2. The molecular weight excluding hydrogens is 498 g/mol. The average molecular weight is 522 g/mol. The van der Waals surface area contributed by atoms with Crippen LogP contribution in [0.2, 0.25) is 0 Å². The van der Waals surface area contributed by atoms with Crippen molar-refractivity contribution in [3.63, 3.8) is 0 Å². The summed E-state index contributed by atoms with van der Waals surface area (Å²) in [6.45, 7) is 5.40. The molecule has 0 spiro atoms. The monoisotopic (exact) mass is 521 g/mol. The van der Waals surface area contributed by atoms with Gasteiger partial charge in [0.2, 0.25) is 5.91 Å². The molecule has 3 aromatic rings. The second-order valence-corrected chi connectivity index (χ2v) is 9.91. The number of para-hydroxylation sites is 1. The van der Waals surface area contributed by atoms with Crippen LogP contribution >= 0.6 is 11.3 Å². The first-order chi connectivity index (χ1) is 17.7. The Morgan fingerprint density at radius 1 is 1.08 bits per heavy atom. The first-order valence-corrected chi connectivity index (χ1v) is 12.5. The van der Waals surface area contributed by atoms with Crippen LogP contribution in [0.4, 0.5) is 16.4 Å². The number of thiophene rings is 1. The predicted molar refractivity (Wildman–Crippen MR) is 135 cm³/mol. The highest BCUT2D eigenvalue weighted by Gasteiger charge is 2.61. The molecule has 11 heteroatoms. The molecule has 2 amide bonds. The molecule has 0 aliphatic carbocycles. The molecule has 3 heterocycles. The van der Waals surface area contributed by atoms with Crippen LogP contribution in [0.3, 0.4) is 0 Å². The number of fused-ring (bicyclic) bond motifs is 1.